The third kappa shape index (κ3) is 2.50. The normalized spacial score (nSPS) is 20.9. The third-order valence-electron chi connectivity index (χ3n) is 4.39. The van der Waals surface area contributed by atoms with Gasteiger partial charge in [0.05, 0.1) is 6.54 Å². The molecule has 1 saturated carbocycles. The number of halogens is 1. The van der Waals surface area contributed by atoms with Crippen LogP contribution in [0.2, 0.25) is 0 Å². The zero-order valence-electron chi connectivity index (χ0n) is 11.3. The van der Waals surface area contributed by atoms with E-state index < -0.39 is 0 Å². The van der Waals surface area contributed by atoms with Gasteiger partial charge in [0.1, 0.15) is 0 Å². The van der Waals surface area contributed by atoms with Gasteiger partial charge >= 0.3 is 0 Å². The first-order valence-corrected chi connectivity index (χ1v) is 7.74. The molecule has 19 heavy (non-hydrogen) atoms. The van der Waals surface area contributed by atoms with Gasteiger partial charge in [-0.3, -0.25) is 4.99 Å². The second-order valence-electron chi connectivity index (χ2n) is 5.62. The maximum atomic E-state index is 4.51. The number of aliphatic imine (C=N–C) groups is 1. The molecule has 1 aliphatic carbocycles. The molecule has 1 heterocycles. The Morgan fingerprint density at radius 3 is 2.84 bits per heavy atom. The van der Waals surface area contributed by atoms with E-state index in [0.717, 1.165) is 25.6 Å². The van der Waals surface area contributed by atoms with Gasteiger partial charge in [0.2, 0.25) is 0 Å². The van der Waals surface area contributed by atoms with Gasteiger partial charge in [0.15, 0.2) is 5.96 Å². The molecule has 0 radical (unpaired) electrons. The van der Waals surface area contributed by atoms with Gasteiger partial charge in [-0.25, -0.2) is 0 Å². The fourth-order valence-electron chi connectivity index (χ4n) is 2.96. The van der Waals surface area contributed by atoms with Gasteiger partial charge in [-0.2, -0.15) is 0 Å². The van der Waals surface area contributed by atoms with Gasteiger partial charge in [0, 0.05) is 30.0 Å². The van der Waals surface area contributed by atoms with Crippen molar-refractivity contribution in [3.8, 4) is 0 Å². The second kappa shape index (κ2) is 5.16. The number of nitrogens with one attached hydrogen (secondary N) is 1. The number of benzene rings is 1. The molecular weight excluding hydrogens is 302 g/mol. The lowest BCUT2D eigenvalue weighted by Crippen LogP contribution is -2.48. The number of nitrogens with zero attached hydrogens (tertiary/aromatic N) is 2. The second-order valence-corrected chi connectivity index (χ2v) is 6.54. The zero-order chi connectivity index (χ0) is 13.3. The maximum absolute atomic E-state index is 4.51. The molecule has 0 saturated heterocycles. The van der Waals surface area contributed by atoms with Gasteiger partial charge in [-0.1, -0.05) is 34.5 Å². The summed E-state index contributed by atoms with van der Waals surface area (Å²) in [5.41, 5.74) is 1.75. The predicted octanol–water partition coefficient (Wildman–Crippen LogP) is 2.76. The molecule has 1 fully saturated rings. The van der Waals surface area contributed by atoms with Crippen molar-refractivity contribution >= 4 is 21.9 Å². The first-order chi connectivity index (χ1) is 9.20. The molecule has 3 nitrogen and oxygen atoms in total. The smallest absolute Gasteiger partial charge is 0.193 e. The average molecular weight is 322 g/mol. The lowest BCUT2D eigenvalue weighted by molar-refractivity contribution is 0.242. The van der Waals surface area contributed by atoms with Crippen LogP contribution in [0.1, 0.15) is 24.8 Å². The van der Waals surface area contributed by atoms with Crippen molar-refractivity contribution in [2.75, 3.05) is 26.7 Å². The number of rotatable bonds is 3. The fraction of sp³-hybridized carbons (Fsp3) is 0.533. The van der Waals surface area contributed by atoms with Crippen molar-refractivity contribution in [2.24, 2.45) is 4.99 Å². The monoisotopic (exact) mass is 321 g/mol. The van der Waals surface area contributed by atoms with E-state index in [1.807, 2.05) is 0 Å². The van der Waals surface area contributed by atoms with Crippen LogP contribution in [0.5, 0.6) is 0 Å². The van der Waals surface area contributed by atoms with Crippen LogP contribution in [-0.4, -0.2) is 37.5 Å². The van der Waals surface area contributed by atoms with Crippen molar-refractivity contribution in [1.29, 1.82) is 0 Å². The Balaban J connectivity index is 1.73. The largest absolute Gasteiger partial charge is 0.355 e. The Morgan fingerprint density at radius 1 is 1.42 bits per heavy atom. The van der Waals surface area contributed by atoms with Crippen LogP contribution < -0.4 is 5.32 Å². The molecule has 0 aromatic heterocycles. The molecule has 1 aromatic carbocycles. The standard InChI is InChI=1S/C15H20BrN3/c1-19-9-8-17-14(19)18-11-15(6-3-7-15)12-4-2-5-13(16)10-12/h2,4-5,10H,3,6-9,11H2,1H3,(H,17,18). The van der Waals surface area contributed by atoms with Crippen molar-refractivity contribution in [2.45, 2.75) is 24.7 Å². The molecule has 0 unspecified atom stereocenters. The molecule has 0 bridgehead atoms. The van der Waals surface area contributed by atoms with E-state index in [9.17, 15) is 0 Å². The summed E-state index contributed by atoms with van der Waals surface area (Å²) in [6, 6.07) is 8.75. The summed E-state index contributed by atoms with van der Waals surface area (Å²) in [6.07, 6.45) is 3.87. The minimum Gasteiger partial charge on any atom is -0.355 e. The fourth-order valence-corrected chi connectivity index (χ4v) is 3.36. The van der Waals surface area contributed by atoms with Crippen LogP contribution in [0.15, 0.2) is 33.7 Å². The number of guanidine groups is 1. The van der Waals surface area contributed by atoms with Gasteiger partial charge in [-0.05, 0) is 30.5 Å². The van der Waals surface area contributed by atoms with E-state index in [1.54, 1.807) is 0 Å². The molecule has 102 valence electrons. The lowest BCUT2D eigenvalue weighted by atomic mass is 9.64. The highest BCUT2D eigenvalue weighted by molar-refractivity contribution is 9.10. The Morgan fingerprint density at radius 2 is 2.26 bits per heavy atom. The average Bonchev–Trinajstić information content (AvgIpc) is 2.74. The predicted molar refractivity (Wildman–Crippen MR) is 82.6 cm³/mol. The maximum Gasteiger partial charge on any atom is 0.193 e. The van der Waals surface area contributed by atoms with Crippen LogP contribution >= 0.6 is 15.9 Å². The Kier molecular flexibility index (Phi) is 3.52. The van der Waals surface area contributed by atoms with Gasteiger partial charge in [0.25, 0.3) is 0 Å². The van der Waals surface area contributed by atoms with Crippen molar-refractivity contribution in [1.82, 2.24) is 10.2 Å². The van der Waals surface area contributed by atoms with Crippen LogP contribution in [0, 0.1) is 0 Å². The molecular formula is C15H20BrN3. The molecule has 1 aromatic rings. The minimum atomic E-state index is 0.301. The highest BCUT2D eigenvalue weighted by Crippen LogP contribution is 2.43. The summed E-state index contributed by atoms with van der Waals surface area (Å²) in [6.45, 7) is 2.95. The van der Waals surface area contributed by atoms with Gasteiger partial charge < -0.3 is 10.2 Å². The van der Waals surface area contributed by atoms with Gasteiger partial charge in [-0.15, -0.1) is 0 Å². The Labute approximate surface area is 123 Å². The highest BCUT2D eigenvalue weighted by Gasteiger charge is 2.39. The van der Waals surface area contributed by atoms with Crippen LogP contribution in [-0.2, 0) is 5.41 Å². The summed E-state index contributed by atoms with van der Waals surface area (Å²) in [4.78, 5) is 6.71. The lowest BCUT2D eigenvalue weighted by Gasteiger charge is -2.43. The minimum absolute atomic E-state index is 0.301. The van der Waals surface area contributed by atoms with E-state index in [1.165, 1.54) is 29.3 Å². The number of hydrogen-bond acceptors (Lipinski definition) is 3. The molecule has 1 N–H and O–H groups in total. The molecule has 0 amide bonds. The van der Waals surface area contributed by atoms with E-state index in [-0.39, 0.29) is 0 Å². The van der Waals surface area contributed by atoms with Crippen molar-refractivity contribution in [3.63, 3.8) is 0 Å². The van der Waals surface area contributed by atoms with Crippen LogP contribution in [0.25, 0.3) is 0 Å². The third-order valence-corrected chi connectivity index (χ3v) is 4.88. The topological polar surface area (TPSA) is 27.6 Å². The van der Waals surface area contributed by atoms with Crippen molar-refractivity contribution in [3.05, 3.63) is 34.3 Å². The molecule has 1 aliphatic heterocycles. The van der Waals surface area contributed by atoms with Crippen LogP contribution in [0.4, 0.5) is 0 Å². The summed E-state index contributed by atoms with van der Waals surface area (Å²) < 4.78 is 1.17. The highest BCUT2D eigenvalue weighted by atomic mass is 79.9. The zero-order valence-corrected chi connectivity index (χ0v) is 12.9. The van der Waals surface area contributed by atoms with Crippen molar-refractivity contribution < 1.29 is 0 Å². The summed E-state index contributed by atoms with van der Waals surface area (Å²) in [5.74, 6) is 1.06. The first kappa shape index (κ1) is 13.0. The number of hydrogen-bond donors (Lipinski definition) is 1. The molecule has 0 atom stereocenters. The number of likely N-dealkylation sites (N-methyl/N-ethyl adjacent to an activating group) is 1. The molecule has 3 rings (SSSR count). The summed E-state index contributed by atoms with van der Waals surface area (Å²) in [7, 11) is 2.10. The van der Waals surface area contributed by atoms with E-state index >= 15 is 0 Å². The Bertz CT molecular complexity index is 494. The molecule has 2 aliphatic rings. The summed E-state index contributed by atoms with van der Waals surface area (Å²) in [5, 5.41) is 3.55. The SMILES string of the molecule is CN1CCN=C1NCC1(c2cccc(Br)c2)CCC1. The van der Waals surface area contributed by atoms with E-state index in [2.05, 4.69) is 62.5 Å². The van der Waals surface area contributed by atoms with E-state index in [0.29, 0.717) is 5.41 Å². The first-order valence-electron chi connectivity index (χ1n) is 6.95. The summed E-state index contributed by atoms with van der Waals surface area (Å²) >= 11 is 3.58. The molecule has 0 spiro atoms. The Hall–Kier alpha value is -1.03. The quantitative estimate of drug-likeness (QED) is 0.927. The van der Waals surface area contributed by atoms with E-state index in [4.69, 9.17) is 0 Å². The molecule has 4 heteroatoms. The van der Waals surface area contributed by atoms with Crippen LogP contribution in [0.3, 0.4) is 0 Å².